The standard InChI is InChI=1S/C29H34F3N3O2/c1-3-21(28(36)34-24-10-14-33-15-11-24)18-22-19-27(9-4-20(22)2)37-26-12-16-35(17-13-26)25-7-5-23(6-8-25)29(30,31)32/h3-9,18-19,24,26,33H,1,10-17H2,2H3,(H,34,36)/b21-18+. The number of ether oxygens (including phenoxy) is 1. The first kappa shape index (κ1) is 26.8. The molecule has 2 fully saturated rings. The largest absolute Gasteiger partial charge is 0.490 e. The van der Waals surface area contributed by atoms with Crippen molar-refractivity contribution in [3.63, 3.8) is 0 Å². The highest BCUT2D eigenvalue weighted by atomic mass is 19.4. The van der Waals surface area contributed by atoms with Crippen LogP contribution in [0, 0.1) is 6.92 Å². The Morgan fingerprint density at radius 3 is 2.38 bits per heavy atom. The smallest absolute Gasteiger partial charge is 0.416 e. The van der Waals surface area contributed by atoms with Crippen LogP contribution in [0.5, 0.6) is 5.75 Å². The number of halogens is 3. The second kappa shape index (κ2) is 11.9. The fourth-order valence-electron chi connectivity index (χ4n) is 4.75. The number of piperidine rings is 2. The normalized spacial score (nSPS) is 17.9. The van der Waals surface area contributed by atoms with Crippen molar-refractivity contribution >= 4 is 17.7 Å². The van der Waals surface area contributed by atoms with Gasteiger partial charge in [0, 0.05) is 43.2 Å². The van der Waals surface area contributed by atoms with E-state index in [2.05, 4.69) is 22.1 Å². The van der Waals surface area contributed by atoms with Crippen LogP contribution in [0.4, 0.5) is 18.9 Å². The molecule has 198 valence electrons. The molecule has 0 unspecified atom stereocenters. The molecular weight excluding hydrogens is 479 g/mol. The highest BCUT2D eigenvalue weighted by molar-refractivity contribution is 6.00. The number of alkyl halides is 3. The van der Waals surface area contributed by atoms with Gasteiger partial charge >= 0.3 is 6.18 Å². The second-order valence-electron chi connectivity index (χ2n) is 9.67. The van der Waals surface area contributed by atoms with E-state index < -0.39 is 11.7 Å². The van der Waals surface area contributed by atoms with Gasteiger partial charge in [0.25, 0.3) is 5.91 Å². The first-order chi connectivity index (χ1) is 17.7. The van der Waals surface area contributed by atoms with Gasteiger partial charge in [-0.05, 0) is 86.5 Å². The lowest BCUT2D eigenvalue weighted by molar-refractivity contribution is -0.137. The van der Waals surface area contributed by atoms with Crippen LogP contribution >= 0.6 is 0 Å². The van der Waals surface area contributed by atoms with Crippen LogP contribution < -0.4 is 20.3 Å². The molecule has 0 saturated carbocycles. The Morgan fingerprint density at radius 2 is 1.76 bits per heavy atom. The molecule has 0 aromatic heterocycles. The number of hydrogen-bond donors (Lipinski definition) is 2. The van der Waals surface area contributed by atoms with Crippen molar-refractivity contribution in [2.75, 3.05) is 31.1 Å². The topological polar surface area (TPSA) is 53.6 Å². The molecule has 0 bridgehead atoms. The molecule has 2 saturated heterocycles. The molecule has 2 N–H and O–H groups in total. The summed E-state index contributed by atoms with van der Waals surface area (Å²) >= 11 is 0. The molecule has 4 rings (SSSR count). The van der Waals surface area contributed by atoms with Crippen LogP contribution in [-0.2, 0) is 11.0 Å². The van der Waals surface area contributed by atoms with Gasteiger partial charge in [-0.1, -0.05) is 18.7 Å². The molecule has 0 spiro atoms. The Bertz CT molecular complexity index is 1110. The quantitative estimate of drug-likeness (QED) is 0.379. The van der Waals surface area contributed by atoms with Gasteiger partial charge in [0.15, 0.2) is 0 Å². The second-order valence-corrected chi connectivity index (χ2v) is 9.67. The highest BCUT2D eigenvalue weighted by Crippen LogP contribution is 2.31. The minimum absolute atomic E-state index is 0.00678. The predicted molar refractivity (Wildman–Crippen MR) is 141 cm³/mol. The average molecular weight is 514 g/mol. The Morgan fingerprint density at radius 1 is 1.08 bits per heavy atom. The zero-order valence-electron chi connectivity index (χ0n) is 21.1. The summed E-state index contributed by atoms with van der Waals surface area (Å²) in [6.07, 6.45) is 2.45. The molecular formula is C29H34F3N3O2. The van der Waals surface area contributed by atoms with Crippen molar-refractivity contribution in [3.8, 4) is 5.75 Å². The molecule has 2 heterocycles. The van der Waals surface area contributed by atoms with Gasteiger partial charge in [0.2, 0.25) is 0 Å². The fraction of sp³-hybridized carbons (Fsp3) is 0.414. The molecule has 37 heavy (non-hydrogen) atoms. The molecule has 0 radical (unpaired) electrons. The number of anilines is 1. The Hall–Kier alpha value is -3.26. The lowest BCUT2D eigenvalue weighted by atomic mass is 10.0. The van der Waals surface area contributed by atoms with Gasteiger partial charge in [0.1, 0.15) is 11.9 Å². The van der Waals surface area contributed by atoms with E-state index in [0.717, 1.165) is 73.5 Å². The van der Waals surface area contributed by atoms with E-state index >= 15 is 0 Å². The van der Waals surface area contributed by atoms with Crippen LogP contribution in [0.1, 0.15) is 42.4 Å². The molecule has 2 aliphatic heterocycles. The van der Waals surface area contributed by atoms with Crippen molar-refractivity contribution in [3.05, 3.63) is 77.4 Å². The van der Waals surface area contributed by atoms with Crippen molar-refractivity contribution in [2.45, 2.75) is 50.9 Å². The molecule has 2 aliphatic rings. The number of carbonyl (C=O) groups excluding carboxylic acids is 1. The first-order valence-electron chi connectivity index (χ1n) is 12.8. The third-order valence-corrected chi connectivity index (χ3v) is 7.02. The summed E-state index contributed by atoms with van der Waals surface area (Å²) in [7, 11) is 0. The fourth-order valence-corrected chi connectivity index (χ4v) is 4.75. The summed E-state index contributed by atoms with van der Waals surface area (Å²) in [5.41, 5.74) is 2.59. The molecule has 0 atom stereocenters. The SMILES string of the molecule is C=C/C(=C\c1cc(OC2CCN(c3ccc(C(F)(F)F)cc3)CC2)ccc1C)C(=O)NC1CCNCC1. The van der Waals surface area contributed by atoms with Gasteiger partial charge < -0.3 is 20.3 Å². The zero-order valence-corrected chi connectivity index (χ0v) is 21.1. The van der Waals surface area contributed by atoms with Crippen molar-refractivity contribution < 1.29 is 22.7 Å². The Balaban J connectivity index is 1.36. The van der Waals surface area contributed by atoms with Crippen LogP contribution in [0.25, 0.3) is 6.08 Å². The van der Waals surface area contributed by atoms with Crippen LogP contribution in [0.2, 0.25) is 0 Å². The number of carbonyl (C=O) groups is 1. The van der Waals surface area contributed by atoms with Crippen LogP contribution in [-0.4, -0.2) is 44.2 Å². The summed E-state index contributed by atoms with van der Waals surface area (Å²) in [6, 6.07) is 11.3. The zero-order chi connectivity index (χ0) is 26.4. The predicted octanol–water partition coefficient (Wildman–Crippen LogP) is 5.50. The van der Waals surface area contributed by atoms with Crippen molar-refractivity contribution in [1.29, 1.82) is 0 Å². The number of aryl methyl sites for hydroxylation is 1. The molecule has 8 heteroatoms. The van der Waals surface area contributed by atoms with Gasteiger partial charge in [-0.2, -0.15) is 13.2 Å². The number of nitrogens with one attached hydrogen (secondary N) is 2. The van der Waals surface area contributed by atoms with Crippen molar-refractivity contribution in [2.24, 2.45) is 0 Å². The number of rotatable bonds is 7. The van der Waals surface area contributed by atoms with Gasteiger partial charge in [-0.15, -0.1) is 0 Å². The van der Waals surface area contributed by atoms with E-state index in [4.69, 9.17) is 4.74 Å². The molecule has 1 amide bonds. The molecule has 5 nitrogen and oxygen atoms in total. The van der Waals surface area contributed by atoms with Gasteiger partial charge in [0.05, 0.1) is 5.56 Å². The lowest BCUT2D eigenvalue weighted by Gasteiger charge is -2.34. The maximum absolute atomic E-state index is 12.8. The average Bonchev–Trinajstić information content (AvgIpc) is 2.89. The summed E-state index contributed by atoms with van der Waals surface area (Å²) in [5, 5.41) is 6.40. The third kappa shape index (κ3) is 7.16. The summed E-state index contributed by atoms with van der Waals surface area (Å²) in [6.45, 7) is 9.03. The first-order valence-corrected chi connectivity index (χ1v) is 12.8. The Kier molecular flexibility index (Phi) is 8.59. The van der Waals surface area contributed by atoms with Gasteiger partial charge in [-0.25, -0.2) is 0 Å². The highest BCUT2D eigenvalue weighted by Gasteiger charge is 2.30. The minimum atomic E-state index is -4.33. The number of hydrogen-bond acceptors (Lipinski definition) is 4. The number of amides is 1. The summed E-state index contributed by atoms with van der Waals surface area (Å²) in [5.74, 6) is 0.607. The maximum Gasteiger partial charge on any atom is 0.416 e. The van der Waals surface area contributed by atoms with Crippen molar-refractivity contribution in [1.82, 2.24) is 10.6 Å². The van der Waals surface area contributed by atoms with E-state index in [-0.39, 0.29) is 18.1 Å². The Labute approximate surface area is 216 Å². The van der Waals surface area contributed by atoms with E-state index in [1.54, 1.807) is 6.08 Å². The lowest BCUT2D eigenvalue weighted by Crippen LogP contribution is -2.43. The van der Waals surface area contributed by atoms with E-state index in [1.165, 1.54) is 12.1 Å². The third-order valence-electron chi connectivity index (χ3n) is 7.02. The molecule has 0 aliphatic carbocycles. The molecule has 2 aromatic carbocycles. The number of benzene rings is 2. The van der Waals surface area contributed by atoms with E-state index in [9.17, 15) is 18.0 Å². The molecule has 2 aromatic rings. The summed E-state index contributed by atoms with van der Waals surface area (Å²) in [4.78, 5) is 14.9. The monoisotopic (exact) mass is 513 g/mol. The number of nitrogens with zero attached hydrogens (tertiary/aromatic N) is 1. The minimum Gasteiger partial charge on any atom is -0.490 e. The van der Waals surface area contributed by atoms with Crippen LogP contribution in [0.3, 0.4) is 0 Å². The van der Waals surface area contributed by atoms with E-state index in [0.29, 0.717) is 18.7 Å². The summed E-state index contributed by atoms with van der Waals surface area (Å²) < 4.78 is 44.8. The maximum atomic E-state index is 12.8. The van der Waals surface area contributed by atoms with E-state index in [1.807, 2.05) is 31.2 Å². The van der Waals surface area contributed by atoms with Crippen LogP contribution in [0.15, 0.2) is 60.7 Å². The van der Waals surface area contributed by atoms with Gasteiger partial charge in [-0.3, -0.25) is 4.79 Å².